The molecule has 0 aromatic rings. The summed E-state index contributed by atoms with van der Waals surface area (Å²) in [6.07, 6.45) is 6.17. The summed E-state index contributed by atoms with van der Waals surface area (Å²) in [6, 6.07) is 0. The highest BCUT2D eigenvalue weighted by Gasteiger charge is 2.46. The van der Waals surface area contributed by atoms with E-state index in [1.807, 2.05) is 0 Å². The highest BCUT2D eigenvalue weighted by molar-refractivity contribution is 6.09. The summed E-state index contributed by atoms with van der Waals surface area (Å²) in [5.41, 5.74) is 2.56. The van der Waals surface area contributed by atoms with E-state index in [2.05, 4.69) is 32.9 Å². The molecule has 0 aromatic carbocycles. The molecular weight excluding hydrogens is 212 g/mol. The summed E-state index contributed by atoms with van der Waals surface area (Å²) < 4.78 is 0. The van der Waals surface area contributed by atoms with Crippen LogP contribution in [0.3, 0.4) is 0 Å². The SMILES string of the molecule is CC(C)=CCC1C(C)=CCC2C(=O)CC(=O)C21. The molecule has 0 amide bonds. The minimum absolute atomic E-state index is 0.0261. The van der Waals surface area contributed by atoms with Gasteiger partial charge in [-0.3, -0.25) is 9.59 Å². The summed E-state index contributed by atoms with van der Waals surface area (Å²) in [7, 11) is 0. The summed E-state index contributed by atoms with van der Waals surface area (Å²) >= 11 is 0. The van der Waals surface area contributed by atoms with Crippen molar-refractivity contribution in [2.24, 2.45) is 17.8 Å². The molecule has 1 fully saturated rings. The number of carbonyl (C=O) groups excluding carboxylic acids is 2. The van der Waals surface area contributed by atoms with Crippen LogP contribution in [0.15, 0.2) is 23.3 Å². The number of allylic oxidation sites excluding steroid dienone is 4. The highest BCUT2D eigenvalue weighted by Crippen LogP contribution is 2.43. The molecule has 17 heavy (non-hydrogen) atoms. The molecule has 2 aliphatic rings. The average Bonchev–Trinajstić information content (AvgIpc) is 2.53. The van der Waals surface area contributed by atoms with Crippen molar-refractivity contribution in [3.63, 3.8) is 0 Å². The molecule has 3 unspecified atom stereocenters. The van der Waals surface area contributed by atoms with Gasteiger partial charge in [-0.25, -0.2) is 0 Å². The lowest BCUT2D eigenvalue weighted by Gasteiger charge is -2.30. The zero-order valence-corrected chi connectivity index (χ0v) is 10.8. The Morgan fingerprint density at radius 2 is 2.06 bits per heavy atom. The van der Waals surface area contributed by atoms with Crippen molar-refractivity contribution in [2.45, 2.75) is 40.0 Å². The molecule has 2 rings (SSSR count). The fourth-order valence-electron chi connectivity index (χ4n) is 3.07. The average molecular weight is 232 g/mol. The summed E-state index contributed by atoms with van der Waals surface area (Å²) in [5.74, 6) is 0.512. The van der Waals surface area contributed by atoms with Gasteiger partial charge in [0.25, 0.3) is 0 Å². The van der Waals surface area contributed by atoms with Crippen LogP contribution in [0.2, 0.25) is 0 Å². The molecule has 0 radical (unpaired) electrons. The third kappa shape index (κ3) is 2.26. The fourth-order valence-corrected chi connectivity index (χ4v) is 3.07. The number of hydrogen-bond donors (Lipinski definition) is 0. The standard InChI is InChI=1S/C15H20O2/c1-9(2)4-6-11-10(3)5-7-12-13(16)8-14(17)15(11)12/h4-5,11-12,15H,6-8H2,1-3H3. The molecule has 0 bridgehead atoms. The molecule has 2 heteroatoms. The zero-order chi connectivity index (χ0) is 12.6. The second-order valence-electron chi connectivity index (χ2n) is 5.55. The minimum atomic E-state index is -0.0388. The second-order valence-corrected chi connectivity index (χ2v) is 5.55. The van der Waals surface area contributed by atoms with E-state index < -0.39 is 0 Å². The lowest BCUT2D eigenvalue weighted by Crippen LogP contribution is -2.30. The normalized spacial score (nSPS) is 32.2. The molecule has 0 aromatic heterocycles. The van der Waals surface area contributed by atoms with Gasteiger partial charge < -0.3 is 0 Å². The topological polar surface area (TPSA) is 34.1 Å². The summed E-state index contributed by atoms with van der Waals surface area (Å²) in [4.78, 5) is 23.7. The molecule has 2 aliphatic carbocycles. The molecule has 0 saturated heterocycles. The molecule has 0 aliphatic heterocycles. The van der Waals surface area contributed by atoms with Crippen LogP contribution in [-0.2, 0) is 9.59 Å². The monoisotopic (exact) mass is 232 g/mol. The largest absolute Gasteiger partial charge is 0.299 e. The third-order valence-electron chi connectivity index (χ3n) is 4.06. The van der Waals surface area contributed by atoms with E-state index in [9.17, 15) is 9.59 Å². The smallest absolute Gasteiger partial charge is 0.144 e. The first-order valence-corrected chi connectivity index (χ1v) is 6.36. The van der Waals surface area contributed by atoms with Gasteiger partial charge in [0.15, 0.2) is 0 Å². The van der Waals surface area contributed by atoms with Gasteiger partial charge in [-0.1, -0.05) is 23.3 Å². The van der Waals surface area contributed by atoms with Crippen LogP contribution in [0.25, 0.3) is 0 Å². The maximum absolute atomic E-state index is 12.0. The lowest BCUT2D eigenvalue weighted by atomic mass is 9.72. The number of Topliss-reactive ketones (excluding diaryl/α,β-unsaturated/α-hetero) is 2. The van der Waals surface area contributed by atoms with Gasteiger partial charge in [0.05, 0.1) is 6.42 Å². The van der Waals surface area contributed by atoms with E-state index in [4.69, 9.17) is 0 Å². The maximum atomic E-state index is 12.0. The Balaban J connectivity index is 2.25. The van der Waals surface area contributed by atoms with Crippen LogP contribution in [0.4, 0.5) is 0 Å². The molecule has 0 heterocycles. The second kappa shape index (κ2) is 4.59. The number of fused-ring (bicyclic) bond motifs is 1. The van der Waals surface area contributed by atoms with Crippen LogP contribution in [0.5, 0.6) is 0 Å². The van der Waals surface area contributed by atoms with Gasteiger partial charge in [0, 0.05) is 11.8 Å². The Hall–Kier alpha value is -1.18. The molecule has 92 valence electrons. The number of hydrogen-bond acceptors (Lipinski definition) is 2. The predicted molar refractivity (Wildman–Crippen MR) is 67.5 cm³/mol. The lowest BCUT2D eigenvalue weighted by molar-refractivity contribution is -0.123. The van der Waals surface area contributed by atoms with Gasteiger partial charge in [0.1, 0.15) is 11.6 Å². The van der Waals surface area contributed by atoms with Crippen molar-refractivity contribution in [1.82, 2.24) is 0 Å². The molecular formula is C15H20O2. The Morgan fingerprint density at radius 1 is 1.35 bits per heavy atom. The molecule has 3 atom stereocenters. The van der Waals surface area contributed by atoms with Gasteiger partial charge in [-0.15, -0.1) is 0 Å². The molecule has 1 saturated carbocycles. The molecule has 2 nitrogen and oxygen atoms in total. The van der Waals surface area contributed by atoms with Crippen molar-refractivity contribution in [2.75, 3.05) is 0 Å². The summed E-state index contributed by atoms with van der Waals surface area (Å²) in [5, 5.41) is 0. The van der Waals surface area contributed by atoms with Crippen molar-refractivity contribution in [3.8, 4) is 0 Å². The third-order valence-corrected chi connectivity index (χ3v) is 4.06. The van der Waals surface area contributed by atoms with Crippen molar-refractivity contribution in [1.29, 1.82) is 0 Å². The van der Waals surface area contributed by atoms with E-state index in [0.29, 0.717) is 0 Å². The number of rotatable bonds is 2. The number of carbonyl (C=O) groups is 2. The van der Waals surface area contributed by atoms with Gasteiger partial charge in [-0.2, -0.15) is 0 Å². The predicted octanol–water partition coefficient (Wildman–Crippen LogP) is 3.08. The van der Waals surface area contributed by atoms with E-state index >= 15 is 0 Å². The van der Waals surface area contributed by atoms with Crippen LogP contribution in [0.1, 0.15) is 40.0 Å². The van der Waals surface area contributed by atoms with Crippen LogP contribution in [-0.4, -0.2) is 11.6 Å². The summed E-state index contributed by atoms with van der Waals surface area (Å²) in [6.45, 7) is 6.23. The Morgan fingerprint density at radius 3 is 2.71 bits per heavy atom. The van der Waals surface area contributed by atoms with E-state index in [-0.39, 0.29) is 35.7 Å². The Kier molecular flexibility index (Phi) is 3.32. The van der Waals surface area contributed by atoms with Crippen LogP contribution in [0, 0.1) is 17.8 Å². The van der Waals surface area contributed by atoms with Crippen molar-refractivity contribution in [3.05, 3.63) is 23.3 Å². The number of ketones is 2. The van der Waals surface area contributed by atoms with E-state index in [1.54, 1.807) is 0 Å². The van der Waals surface area contributed by atoms with Gasteiger partial charge in [-0.05, 0) is 39.5 Å². The van der Waals surface area contributed by atoms with Crippen molar-refractivity contribution < 1.29 is 9.59 Å². The first-order valence-electron chi connectivity index (χ1n) is 6.36. The fraction of sp³-hybridized carbons (Fsp3) is 0.600. The van der Waals surface area contributed by atoms with E-state index in [0.717, 1.165) is 12.8 Å². The first-order chi connectivity index (χ1) is 8.00. The first kappa shape index (κ1) is 12.3. The van der Waals surface area contributed by atoms with E-state index in [1.165, 1.54) is 11.1 Å². The Labute approximate surface area is 103 Å². The quantitative estimate of drug-likeness (QED) is 0.541. The van der Waals surface area contributed by atoms with Crippen molar-refractivity contribution >= 4 is 11.6 Å². The molecule has 0 N–H and O–H groups in total. The van der Waals surface area contributed by atoms with Crippen LogP contribution < -0.4 is 0 Å². The molecule has 0 spiro atoms. The zero-order valence-electron chi connectivity index (χ0n) is 10.8. The highest BCUT2D eigenvalue weighted by atomic mass is 16.2. The van der Waals surface area contributed by atoms with Gasteiger partial charge >= 0.3 is 0 Å². The Bertz CT molecular complexity index is 411. The van der Waals surface area contributed by atoms with Gasteiger partial charge in [0.2, 0.25) is 0 Å². The van der Waals surface area contributed by atoms with Crippen LogP contribution >= 0.6 is 0 Å². The maximum Gasteiger partial charge on any atom is 0.144 e. The minimum Gasteiger partial charge on any atom is -0.299 e.